The second-order valence-electron chi connectivity index (χ2n) is 4.82. The molecule has 100 valence electrons. The molecule has 1 fully saturated rings. The van der Waals surface area contributed by atoms with Crippen molar-refractivity contribution in [3.05, 3.63) is 34.6 Å². The van der Waals surface area contributed by atoms with E-state index in [1.807, 2.05) is 13.8 Å². The summed E-state index contributed by atoms with van der Waals surface area (Å²) in [5, 5.41) is 2.77. The molecule has 0 aliphatic carbocycles. The number of carbonyl (C=O) groups is 1. The van der Waals surface area contributed by atoms with Crippen molar-refractivity contribution >= 4 is 30.1 Å². The van der Waals surface area contributed by atoms with E-state index < -0.39 is 11.9 Å². The van der Waals surface area contributed by atoms with Crippen molar-refractivity contribution in [2.24, 2.45) is 5.41 Å². The number of hydrogen-bond acceptors (Lipinski definition) is 2. The summed E-state index contributed by atoms with van der Waals surface area (Å²) in [7, 11) is 0. The highest BCUT2D eigenvalue weighted by Crippen LogP contribution is 2.37. The minimum absolute atomic E-state index is 0. The third-order valence-corrected chi connectivity index (χ3v) is 3.20. The molecule has 2 rings (SSSR count). The van der Waals surface area contributed by atoms with Crippen LogP contribution in [0, 0.1) is 11.2 Å². The Morgan fingerprint density at radius 1 is 1.50 bits per heavy atom. The van der Waals surface area contributed by atoms with Crippen LogP contribution in [0.2, 0.25) is 5.02 Å². The van der Waals surface area contributed by atoms with Gasteiger partial charge in [0.15, 0.2) is 0 Å². The van der Waals surface area contributed by atoms with Crippen LogP contribution in [0.4, 0.5) is 9.18 Å². The molecule has 18 heavy (non-hydrogen) atoms. The van der Waals surface area contributed by atoms with Crippen molar-refractivity contribution in [1.29, 1.82) is 0 Å². The highest BCUT2D eigenvalue weighted by Gasteiger charge is 2.38. The topological polar surface area (TPSA) is 38.3 Å². The number of alkyl carbamates (subject to hydrolysis) is 1. The number of hydrogen-bond donors (Lipinski definition) is 1. The molecule has 1 aromatic rings. The molecule has 3 nitrogen and oxygen atoms in total. The Hall–Kier alpha value is -1.00. The van der Waals surface area contributed by atoms with Crippen molar-refractivity contribution in [3.63, 3.8) is 0 Å². The lowest BCUT2D eigenvalue weighted by Crippen LogP contribution is -2.46. The van der Waals surface area contributed by atoms with Crippen molar-refractivity contribution in [1.82, 2.24) is 5.32 Å². The summed E-state index contributed by atoms with van der Waals surface area (Å²) in [6.45, 7) is 4.20. The molecule has 0 aromatic heterocycles. The van der Waals surface area contributed by atoms with Crippen LogP contribution >= 0.6 is 24.0 Å². The maximum atomic E-state index is 13.4. The Morgan fingerprint density at radius 3 is 2.78 bits per heavy atom. The average Bonchev–Trinajstić information content (AvgIpc) is 2.26. The van der Waals surface area contributed by atoms with Gasteiger partial charge >= 0.3 is 6.09 Å². The van der Waals surface area contributed by atoms with E-state index in [0.29, 0.717) is 12.2 Å². The number of carbonyl (C=O) groups excluding carboxylic acids is 1. The predicted octanol–water partition coefficient (Wildman–Crippen LogP) is 3.71. The second kappa shape index (κ2) is 5.33. The van der Waals surface area contributed by atoms with E-state index in [0.717, 1.165) is 0 Å². The Balaban J connectivity index is 0.00000162. The first-order chi connectivity index (χ1) is 7.90. The first-order valence-corrected chi connectivity index (χ1v) is 5.66. The van der Waals surface area contributed by atoms with Gasteiger partial charge in [0.05, 0.1) is 11.1 Å². The number of nitrogens with one attached hydrogen (secondary N) is 1. The van der Waals surface area contributed by atoms with Gasteiger partial charge in [0.25, 0.3) is 0 Å². The highest BCUT2D eigenvalue weighted by atomic mass is 35.5. The van der Waals surface area contributed by atoms with Gasteiger partial charge in [0.1, 0.15) is 12.4 Å². The summed E-state index contributed by atoms with van der Waals surface area (Å²) in [5.74, 6) is -0.485. The molecular weight excluding hydrogens is 280 g/mol. The Morgan fingerprint density at radius 2 is 2.17 bits per heavy atom. The number of benzene rings is 1. The lowest BCUT2D eigenvalue weighted by atomic mass is 9.80. The zero-order valence-electron chi connectivity index (χ0n) is 10.00. The van der Waals surface area contributed by atoms with Gasteiger partial charge in [-0.25, -0.2) is 9.18 Å². The lowest BCUT2D eigenvalue weighted by Gasteiger charge is -2.38. The first-order valence-electron chi connectivity index (χ1n) is 5.28. The van der Waals surface area contributed by atoms with Crippen LogP contribution in [-0.4, -0.2) is 12.7 Å². The highest BCUT2D eigenvalue weighted by molar-refractivity contribution is 6.30. The van der Waals surface area contributed by atoms with Crippen LogP contribution in [0.3, 0.4) is 0 Å². The Labute approximate surface area is 116 Å². The quantitative estimate of drug-likeness (QED) is 0.857. The molecule has 0 radical (unpaired) electrons. The molecule has 1 atom stereocenters. The molecule has 0 spiro atoms. The minimum Gasteiger partial charge on any atom is -0.449 e. The fraction of sp³-hybridized carbons (Fsp3) is 0.417. The van der Waals surface area contributed by atoms with E-state index in [2.05, 4.69) is 5.32 Å². The fourth-order valence-corrected chi connectivity index (χ4v) is 2.03. The van der Waals surface area contributed by atoms with E-state index in [1.165, 1.54) is 12.1 Å². The van der Waals surface area contributed by atoms with Gasteiger partial charge < -0.3 is 10.1 Å². The van der Waals surface area contributed by atoms with Gasteiger partial charge in [0, 0.05) is 5.41 Å². The number of cyclic esters (lactones) is 1. The molecule has 1 aliphatic heterocycles. The smallest absolute Gasteiger partial charge is 0.407 e. The number of amides is 1. The van der Waals surface area contributed by atoms with Gasteiger partial charge in [-0.3, -0.25) is 0 Å². The number of ether oxygens (including phenoxy) is 1. The largest absolute Gasteiger partial charge is 0.449 e. The van der Waals surface area contributed by atoms with E-state index in [1.54, 1.807) is 6.07 Å². The SMILES string of the molecule is CC1(C)COC(=O)N[C@@H]1c1ccc(Cl)c(F)c1.Cl. The molecule has 1 heterocycles. The first kappa shape index (κ1) is 15.1. The molecule has 0 bridgehead atoms. The van der Waals surface area contributed by atoms with Gasteiger partial charge in [-0.1, -0.05) is 31.5 Å². The molecule has 1 saturated heterocycles. The van der Waals surface area contributed by atoms with Crippen LogP contribution in [0.5, 0.6) is 0 Å². The zero-order valence-corrected chi connectivity index (χ0v) is 11.6. The lowest BCUT2D eigenvalue weighted by molar-refractivity contribution is 0.0386. The van der Waals surface area contributed by atoms with Crippen molar-refractivity contribution in [2.45, 2.75) is 19.9 Å². The number of rotatable bonds is 1. The normalized spacial score (nSPS) is 21.6. The van der Waals surface area contributed by atoms with Gasteiger partial charge in [-0.2, -0.15) is 0 Å². The molecule has 6 heteroatoms. The predicted molar refractivity (Wildman–Crippen MR) is 69.7 cm³/mol. The standard InChI is InChI=1S/C12H13ClFNO2.ClH/c1-12(2)6-17-11(16)15-10(12)7-3-4-8(13)9(14)5-7;/h3-5,10H,6H2,1-2H3,(H,15,16);1H/t10-;/m1./s1. The molecular formula is C12H14Cl2FNO2. The van der Waals surface area contributed by atoms with E-state index in [4.69, 9.17) is 16.3 Å². The summed E-state index contributed by atoms with van der Waals surface area (Å²) < 4.78 is 18.3. The van der Waals surface area contributed by atoms with Gasteiger partial charge in [0.2, 0.25) is 0 Å². The molecule has 1 aromatic carbocycles. The van der Waals surface area contributed by atoms with Crippen LogP contribution in [0.15, 0.2) is 18.2 Å². The van der Waals surface area contributed by atoms with Crippen LogP contribution in [0.25, 0.3) is 0 Å². The Kier molecular flexibility index (Phi) is 4.46. The van der Waals surface area contributed by atoms with E-state index in [-0.39, 0.29) is 28.9 Å². The summed E-state index contributed by atoms with van der Waals surface area (Å²) in [6.07, 6.45) is -0.482. The summed E-state index contributed by atoms with van der Waals surface area (Å²) >= 11 is 5.63. The maximum Gasteiger partial charge on any atom is 0.407 e. The summed E-state index contributed by atoms with van der Waals surface area (Å²) in [4.78, 5) is 11.2. The van der Waals surface area contributed by atoms with Crippen LogP contribution in [0.1, 0.15) is 25.5 Å². The van der Waals surface area contributed by atoms with E-state index in [9.17, 15) is 9.18 Å². The third kappa shape index (κ3) is 2.87. The van der Waals surface area contributed by atoms with Crippen molar-refractivity contribution in [2.75, 3.05) is 6.61 Å². The van der Waals surface area contributed by atoms with Crippen LogP contribution < -0.4 is 5.32 Å². The summed E-state index contributed by atoms with van der Waals surface area (Å²) in [6, 6.07) is 4.27. The zero-order chi connectivity index (χ0) is 12.6. The molecule has 1 aliphatic rings. The maximum absolute atomic E-state index is 13.4. The van der Waals surface area contributed by atoms with Gasteiger partial charge in [-0.15, -0.1) is 12.4 Å². The van der Waals surface area contributed by atoms with Gasteiger partial charge in [-0.05, 0) is 17.7 Å². The van der Waals surface area contributed by atoms with E-state index >= 15 is 0 Å². The molecule has 1 N–H and O–H groups in total. The van der Waals surface area contributed by atoms with Crippen molar-refractivity contribution in [3.8, 4) is 0 Å². The third-order valence-electron chi connectivity index (χ3n) is 2.90. The fourth-order valence-electron chi connectivity index (χ4n) is 1.92. The molecule has 0 saturated carbocycles. The molecule has 0 unspecified atom stereocenters. The van der Waals surface area contributed by atoms with Crippen LogP contribution in [-0.2, 0) is 4.74 Å². The monoisotopic (exact) mass is 293 g/mol. The molecule has 1 amide bonds. The van der Waals surface area contributed by atoms with Crippen molar-refractivity contribution < 1.29 is 13.9 Å². The summed E-state index contributed by atoms with van der Waals surface area (Å²) in [5.41, 5.74) is 0.391. The average molecular weight is 294 g/mol. The second-order valence-corrected chi connectivity index (χ2v) is 5.22. The Bertz CT molecular complexity index is 465. The number of halogens is 3. The minimum atomic E-state index is -0.485.